The predicted octanol–water partition coefficient (Wildman–Crippen LogP) is 3.17. The molecule has 0 heterocycles. The van der Waals surface area contributed by atoms with Gasteiger partial charge in [0.25, 0.3) is 0 Å². The van der Waals surface area contributed by atoms with Gasteiger partial charge in [-0.3, -0.25) is 0 Å². The van der Waals surface area contributed by atoms with E-state index in [4.69, 9.17) is 10.5 Å². The summed E-state index contributed by atoms with van der Waals surface area (Å²) in [6.07, 6.45) is -0.618. The normalized spacial score (nSPS) is 13.7. The zero-order chi connectivity index (χ0) is 15.2. The van der Waals surface area contributed by atoms with Gasteiger partial charge >= 0.3 is 0 Å². The number of aryl methyl sites for hydroxylation is 1. The van der Waals surface area contributed by atoms with Gasteiger partial charge in [0.2, 0.25) is 0 Å². The van der Waals surface area contributed by atoms with Crippen molar-refractivity contribution < 1.29 is 9.84 Å². The van der Waals surface area contributed by atoms with E-state index in [1.54, 1.807) is 0 Å². The molecule has 0 fully saturated rings. The summed E-state index contributed by atoms with van der Waals surface area (Å²) in [7, 11) is 0. The molecule has 0 bridgehead atoms. The number of nitrogens with two attached hydrogens (primary N) is 1. The Balaban J connectivity index is 2.21. The molecule has 0 saturated heterocycles. The van der Waals surface area contributed by atoms with Crippen LogP contribution in [-0.4, -0.2) is 18.3 Å². The molecule has 0 saturated carbocycles. The van der Waals surface area contributed by atoms with Crippen LogP contribution in [0.3, 0.4) is 0 Å². The first-order valence-electron chi connectivity index (χ1n) is 7.33. The highest BCUT2D eigenvalue weighted by atomic mass is 16.5. The summed E-state index contributed by atoms with van der Waals surface area (Å²) in [4.78, 5) is 0. The van der Waals surface area contributed by atoms with Crippen LogP contribution in [0.2, 0.25) is 0 Å². The van der Waals surface area contributed by atoms with Crippen LogP contribution in [0.1, 0.15) is 35.6 Å². The average molecular weight is 285 g/mol. The minimum atomic E-state index is -0.618. The van der Waals surface area contributed by atoms with Crippen molar-refractivity contribution in [3.05, 3.63) is 65.2 Å². The fraction of sp³-hybridized carbons (Fsp3) is 0.333. The molecule has 2 aromatic carbocycles. The summed E-state index contributed by atoms with van der Waals surface area (Å²) in [5.74, 6) is 0.705. The lowest BCUT2D eigenvalue weighted by Gasteiger charge is -2.23. The second-order valence-electron chi connectivity index (χ2n) is 5.20. The van der Waals surface area contributed by atoms with Gasteiger partial charge in [-0.1, -0.05) is 42.0 Å². The van der Waals surface area contributed by atoms with Gasteiger partial charge in [-0.2, -0.15) is 0 Å². The van der Waals surface area contributed by atoms with E-state index in [2.05, 4.69) is 6.07 Å². The lowest BCUT2D eigenvalue weighted by Crippen LogP contribution is -2.20. The van der Waals surface area contributed by atoms with Crippen molar-refractivity contribution in [3.63, 3.8) is 0 Å². The van der Waals surface area contributed by atoms with Gasteiger partial charge in [0, 0.05) is 12.5 Å². The Bertz CT molecular complexity index is 566. The van der Waals surface area contributed by atoms with Crippen molar-refractivity contribution in [2.45, 2.75) is 25.9 Å². The summed E-state index contributed by atoms with van der Waals surface area (Å²) >= 11 is 0. The second kappa shape index (κ2) is 7.25. The Morgan fingerprint density at radius 2 is 1.81 bits per heavy atom. The minimum absolute atomic E-state index is 0.108. The Morgan fingerprint density at radius 1 is 1.10 bits per heavy atom. The van der Waals surface area contributed by atoms with E-state index in [-0.39, 0.29) is 5.92 Å². The van der Waals surface area contributed by atoms with Crippen LogP contribution in [0.15, 0.2) is 48.5 Å². The van der Waals surface area contributed by atoms with Gasteiger partial charge in [0.05, 0.1) is 12.7 Å². The quantitative estimate of drug-likeness (QED) is 0.857. The van der Waals surface area contributed by atoms with Crippen LogP contribution >= 0.6 is 0 Å². The van der Waals surface area contributed by atoms with Crippen molar-refractivity contribution in [3.8, 4) is 5.75 Å². The number of aliphatic hydroxyl groups is 1. The first-order chi connectivity index (χ1) is 10.2. The molecule has 0 amide bonds. The van der Waals surface area contributed by atoms with Gasteiger partial charge in [-0.15, -0.1) is 0 Å². The number of hydrogen-bond donors (Lipinski definition) is 2. The largest absolute Gasteiger partial charge is 0.494 e. The Hall–Kier alpha value is -1.84. The van der Waals surface area contributed by atoms with Crippen molar-refractivity contribution in [1.82, 2.24) is 0 Å². The van der Waals surface area contributed by atoms with Crippen LogP contribution in [0.25, 0.3) is 0 Å². The molecule has 0 aliphatic rings. The molecule has 112 valence electrons. The number of benzene rings is 2. The van der Waals surface area contributed by atoms with Gasteiger partial charge in [-0.05, 0) is 37.1 Å². The summed E-state index contributed by atoms with van der Waals surface area (Å²) < 4.78 is 5.42. The molecule has 3 heteroatoms. The molecule has 0 radical (unpaired) electrons. The fourth-order valence-electron chi connectivity index (χ4n) is 2.51. The molecule has 0 aliphatic carbocycles. The summed E-state index contributed by atoms with van der Waals surface area (Å²) in [6.45, 7) is 5.03. The zero-order valence-corrected chi connectivity index (χ0v) is 12.6. The fourth-order valence-corrected chi connectivity index (χ4v) is 2.51. The minimum Gasteiger partial charge on any atom is -0.494 e. The van der Waals surface area contributed by atoms with E-state index in [0.717, 1.165) is 16.9 Å². The molecule has 2 unspecified atom stereocenters. The molecule has 0 spiro atoms. The third-order valence-electron chi connectivity index (χ3n) is 3.64. The standard InChI is InChI=1S/C18H23NO2/c1-3-21-16-9-7-14(8-10-16)18(20)17(12-19)15-6-4-5-13(2)11-15/h4-11,17-18,20H,3,12,19H2,1-2H3. The van der Waals surface area contributed by atoms with Crippen LogP contribution < -0.4 is 10.5 Å². The summed E-state index contributed by atoms with van der Waals surface area (Å²) in [5.41, 5.74) is 8.98. The van der Waals surface area contributed by atoms with E-state index in [1.807, 2.05) is 56.3 Å². The monoisotopic (exact) mass is 285 g/mol. The smallest absolute Gasteiger partial charge is 0.119 e. The summed E-state index contributed by atoms with van der Waals surface area (Å²) in [5, 5.41) is 10.6. The Morgan fingerprint density at radius 3 is 2.38 bits per heavy atom. The van der Waals surface area contributed by atoms with Gasteiger partial charge < -0.3 is 15.6 Å². The van der Waals surface area contributed by atoms with Crippen LogP contribution in [0, 0.1) is 6.92 Å². The molecule has 3 nitrogen and oxygen atoms in total. The molecule has 21 heavy (non-hydrogen) atoms. The van der Waals surface area contributed by atoms with Crippen LogP contribution in [-0.2, 0) is 0 Å². The highest BCUT2D eigenvalue weighted by Gasteiger charge is 2.21. The van der Waals surface area contributed by atoms with Crippen molar-refractivity contribution in [1.29, 1.82) is 0 Å². The maximum absolute atomic E-state index is 10.6. The molecule has 3 N–H and O–H groups in total. The van der Waals surface area contributed by atoms with Crippen LogP contribution in [0.5, 0.6) is 5.75 Å². The summed E-state index contributed by atoms with van der Waals surface area (Å²) in [6, 6.07) is 15.7. The zero-order valence-electron chi connectivity index (χ0n) is 12.6. The van der Waals surface area contributed by atoms with Crippen molar-refractivity contribution >= 4 is 0 Å². The topological polar surface area (TPSA) is 55.5 Å². The molecule has 0 aliphatic heterocycles. The second-order valence-corrected chi connectivity index (χ2v) is 5.20. The average Bonchev–Trinajstić information content (AvgIpc) is 2.49. The lowest BCUT2D eigenvalue weighted by molar-refractivity contribution is 0.147. The van der Waals surface area contributed by atoms with E-state index in [9.17, 15) is 5.11 Å². The number of rotatable bonds is 6. The van der Waals surface area contributed by atoms with Crippen LogP contribution in [0.4, 0.5) is 0 Å². The first-order valence-corrected chi connectivity index (χ1v) is 7.33. The first kappa shape index (κ1) is 15.5. The van der Waals surface area contributed by atoms with E-state index >= 15 is 0 Å². The highest BCUT2D eigenvalue weighted by molar-refractivity contribution is 5.33. The SMILES string of the molecule is CCOc1ccc(C(O)C(CN)c2cccc(C)c2)cc1. The third-order valence-corrected chi connectivity index (χ3v) is 3.64. The van der Waals surface area contributed by atoms with Gasteiger partial charge in [0.1, 0.15) is 5.75 Å². The molecular formula is C18H23NO2. The van der Waals surface area contributed by atoms with Crippen molar-refractivity contribution in [2.24, 2.45) is 5.73 Å². The molecular weight excluding hydrogens is 262 g/mol. The number of aliphatic hydroxyl groups excluding tert-OH is 1. The highest BCUT2D eigenvalue weighted by Crippen LogP contribution is 2.31. The van der Waals surface area contributed by atoms with Gasteiger partial charge in [0.15, 0.2) is 0 Å². The molecule has 2 aromatic rings. The Kier molecular flexibility index (Phi) is 5.37. The molecule has 2 atom stereocenters. The number of hydrogen-bond acceptors (Lipinski definition) is 3. The Labute approximate surface area is 126 Å². The maximum atomic E-state index is 10.6. The predicted molar refractivity (Wildman–Crippen MR) is 85.5 cm³/mol. The molecule has 0 aromatic heterocycles. The van der Waals surface area contributed by atoms with Gasteiger partial charge in [-0.25, -0.2) is 0 Å². The van der Waals surface area contributed by atoms with E-state index < -0.39 is 6.10 Å². The van der Waals surface area contributed by atoms with E-state index in [1.165, 1.54) is 5.56 Å². The van der Waals surface area contributed by atoms with Crippen molar-refractivity contribution in [2.75, 3.05) is 13.2 Å². The maximum Gasteiger partial charge on any atom is 0.119 e. The molecule has 2 rings (SSSR count). The van der Waals surface area contributed by atoms with E-state index in [0.29, 0.717) is 13.2 Å². The lowest BCUT2D eigenvalue weighted by atomic mass is 9.88. The number of ether oxygens (including phenoxy) is 1. The third kappa shape index (κ3) is 3.84.